The molecule has 1 fully saturated rings. The fraction of sp³-hybridized carbons (Fsp3) is 0.571. The lowest BCUT2D eigenvalue weighted by atomic mass is 9.95. The summed E-state index contributed by atoms with van der Waals surface area (Å²) in [6.07, 6.45) is 2.69. The summed E-state index contributed by atoms with van der Waals surface area (Å²) in [6.45, 7) is 4.54. The van der Waals surface area contributed by atoms with Crippen molar-refractivity contribution in [1.82, 2.24) is 10.2 Å². The molecular weight excluding hydrogens is 212 g/mol. The zero-order chi connectivity index (χ0) is 11.7. The van der Waals surface area contributed by atoms with E-state index in [1.165, 1.54) is 37.1 Å². The average molecular weight is 232 g/mol. The van der Waals surface area contributed by atoms with Crippen molar-refractivity contribution in [3.05, 3.63) is 29.3 Å². The number of hydrogen-bond acceptors (Lipinski definition) is 3. The topological polar surface area (TPSA) is 24.5 Å². The Morgan fingerprint density at radius 3 is 2.88 bits per heavy atom. The molecule has 92 valence electrons. The Kier molecular flexibility index (Phi) is 3.04. The van der Waals surface area contributed by atoms with Gasteiger partial charge in [-0.3, -0.25) is 4.90 Å². The molecule has 0 bridgehead atoms. The monoisotopic (exact) mass is 232 g/mol. The maximum atomic E-state index is 5.35. The first-order valence-electron chi connectivity index (χ1n) is 6.50. The van der Waals surface area contributed by atoms with Crippen LogP contribution in [0.1, 0.15) is 30.0 Å². The highest BCUT2D eigenvalue weighted by molar-refractivity contribution is 5.39. The molecule has 0 saturated carbocycles. The molecule has 0 aromatic heterocycles. The Morgan fingerprint density at radius 2 is 2.12 bits per heavy atom. The molecular formula is C14H20N2O. The average Bonchev–Trinajstić information content (AvgIpc) is 2.91. The van der Waals surface area contributed by atoms with Gasteiger partial charge in [-0.15, -0.1) is 0 Å². The van der Waals surface area contributed by atoms with E-state index in [1.54, 1.807) is 7.11 Å². The summed E-state index contributed by atoms with van der Waals surface area (Å²) in [5.41, 5.74) is 2.89. The van der Waals surface area contributed by atoms with E-state index in [2.05, 4.69) is 28.4 Å². The molecule has 2 heterocycles. The summed E-state index contributed by atoms with van der Waals surface area (Å²) < 4.78 is 5.35. The Morgan fingerprint density at radius 1 is 1.29 bits per heavy atom. The van der Waals surface area contributed by atoms with Gasteiger partial charge in [0.15, 0.2) is 0 Å². The van der Waals surface area contributed by atoms with Crippen molar-refractivity contribution >= 4 is 0 Å². The summed E-state index contributed by atoms with van der Waals surface area (Å²) in [5, 5.41) is 3.52. The van der Waals surface area contributed by atoms with Gasteiger partial charge in [-0.05, 0) is 49.2 Å². The van der Waals surface area contributed by atoms with Gasteiger partial charge >= 0.3 is 0 Å². The largest absolute Gasteiger partial charge is 0.497 e. The first-order chi connectivity index (χ1) is 8.38. The number of nitrogens with one attached hydrogen (secondary N) is 1. The third kappa shape index (κ3) is 2.05. The lowest BCUT2D eigenvalue weighted by Crippen LogP contribution is -2.38. The fourth-order valence-electron chi connectivity index (χ4n) is 3.00. The molecule has 1 N–H and O–H groups in total. The summed E-state index contributed by atoms with van der Waals surface area (Å²) >= 11 is 0. The highest BCUT2D eigenvalue weighted by Gasteiger charge is 2.27. The van der Waals surface area contributed by atoms with Crippen molar-refractivity contribution < 1.29 is 4.74 Å². The fourth-order valence-corrected chi connectivity index (χ4v) is 3.00. The third-order valence-electron chi connectivity index (χ3n) is 3.95. The number of ether oxygens (including phenoxy) is 1. The van der Waals surface area contributed by atoms with Gasteiger partial charge in [0.1, 0.15) is 5.75 Å². The molecule has 0 radical (unpaired) electrons. The highest BCUT2D eigenvalue weighted by Crippen LogP contribution is 2.32. The van der Waals surface area contributed by atoms with Crippen molar-refractivity contribution in [2.45, 2.75) is 25.4 Å². The summed E-state index contributed by atoms with van der Waals surface area (Å²) in [6, 6.07) is 7.02. The molecule has 0 spiro atoms. The van der Waals surface area contributed by atoms with Crippen LogP contribution in [-0.4, -0.2) is 31.6 Å². The van der Waals surface area contributed by atoms with Gasteiger partial charge < -0.3 is 10.1 Å². The van der Waals surface area contributed by atoms with Gasteiger partial charge in [-0.2, -0.15) is 0 Å². The van der Waals surface area contributed by atoms with E-state index in [-0.39, 0.29) is 0 Å². The predicted octanol–water partition coefficient (Wildman–Crippen LogP) is 1.94. The maximum Gasteiger partial charge on any atom is 0.119 e. The van der Waals surface area contributed by atoms with Crippen LogP contribution in [0.2, 0.25) is 0 Å². The van der Waals surface area contributed by atoms with Crippen LogP contribution in [0.25, 0.3) is 0 Å². The first-order valence-corrected chi connectivity index (χ1v) is 6.50. The van der Waals surface area contributed by atoms with Gasteiger partial charge in [0.05, 0.1) is 7.11 Å². The molecule has 1 saturated heterocycles. The summed E-state index contributed by atoms with van der Waals surface area (Å²) in [4.78, 5) is 2.60. The molecule has 0 amide bonds. The number of benzene rings is 1. The summed E-state index contributed by atoms with van der Waals surface area (Å²) in [5.74, 6) is 0.981. The molecule has 17 heavy (non-hydrogen) atoms. The van der Waals surface area contributed by atoms with Crippen molar-refractivity contribution in [2.24, 2.45) is 0 Å². The second-order valence-corrected chi connectivity index (χ2v) is 4.95. The van der Waals surface area contributed by atoms with Crippen LogP contribution >= 0.6 is 0 Å². The van der Waals surface area contributed by atoms with Gasteiger partial charge in [0.25, 0.3) is 0 Å². The second kappa shape index (κ2) is 4.67. The standard InChI is InChI=1S/C14H20N2O/c1-17-12-5-4-11-9-15-10-14(13(11)8-12)16-6-2-3-7-16/h4-5,8,14-15H,2-3,6-7,9-10H2,1H3. The molecule has 0 aliphatic carbocycles. The van der Waals surface area contributed by atoms with Crippen molar-refractivity contribution in [3.8, 4) is 5.75 Å². The van der Waals surface area contributed by atoms with Gasteiger partial charge in [0.2, 0.25) is 0 Å². The van der Waals surface area contributed by atoms with Crippen LogP contribution in [-0.2, 0) is 6.54 Å². The SMILES string of the molecule is COc1ccc2c(c1)C(N1CCCC1)CNC2. The number of nitrogens with zero attached hydrogens (tertiary/aromatic N) is 1. The molecule has 3 rings (SSSR count). The lowest BCUT2D eigenvalue weighted by Gasteiger charge is -2.33. The number of rotatable bonds is 2. The molecule has 2 aliphatic rings. The normalized spacial score (nSPS) is 24.6. The smallest absolute Gasteiger partial charge is 0.119 e. The Labute approximate surface area is 103 Å². The number of fused-ring (bicyclic) bond motifs is 1. The van der Waals surface area contributed by atoms with Gasteiger partial charge in [0, 0.05) is 19.1 Å². The molecule has 2 aliphatic heterocycles. The first kappa shape index (κ1) is 11.1. The second-order valence-electron chi connectivity index (χ2n) is 4.95. The molecule has 1 atom stereocenters. The zero-order valence-electron chi connectivity index (χ0n) is 10.4. The zero-order valence-corrected chi connectivity index (χ0v) is 10.4. The molecule has 1 aromatic carbocycles. The van der Waals surface area contributed by atoms with Crippen molar-refractivity contribution in [1.29, 1.82) is 0 Å². The van der Waals surface area contributed by atoms with E-state index in [1.807, 2.05) is 0 Å². The minimum Gasteiger partial charge on any atom is -0.497 e. The van der Waals surface area contributed by atoms with Crippen LogP contribution < -0.4 is 10.1 Å². The summed E-state index contributed by atoms with van der Waals surface area (Å²) in [7, 11) is 1.74. The highest BCUT2D eigenvalue weighted by atomic mass is 16.5. The van der Waals surface area contributed by atoms with E-state index in [0.29, 0.717) is 6.04 Å². The van der Waals surface area contributed by atoms with Crippen LogP contribution in [0, 0.1) is 0 Å². The van der Waals surface area contributed by atoms with Crippen molar-refractivity contribution in [3.63, 3.8) is 0 Å². The van der Waals surface area contributed by atoms with Gasteiger partial charge in [-0.1, -0.05) is 6.07 Å². The van der Waals surface area contributed by atoms with E-state index >= 15 is 0 Å². The van der Waals surface area contributed by atoms with Crippen LogP contribution in [0.15, 0.2) is 18.2 Å². The minimum atomic E-state index is 0.538. The molecule has 1 unspecified atom stereocenters. The predicted molar refractivity (Wildman–Crippen MR) is 68.2 cm³/mol. The Balaban J connectivity index is 1.93. The minimum absolute atomic E-state index is 0.538. The van der Waals surface area contributed by atoms with E-state index in [0.717, 1.165) is 18.8 Å². The maximum absolute atomic E-state index is 5.35. The molecule has 1 aromatic rings. The lowest BCUT2D eigenvalue weighted by molar-refractivity contribution is 0.228. The third-order valence-corrected chi connectivity index (χ3v) is 3.95. The van der Waals surface area contributed by atoms with Crippen molar-refractivity contribution in [2.75, 3.05) is 26.7 Å². The van der Waals surface area contributed by atoms with Crippen LogP contribution in [0.4, 0.5) is 0 Å². The number of methoxy groups -OCH3 is 1. The van der Waals surface area contributed by atoms with Gasteiger partial charge in [-0.25, -0.2) is 0 Å². The Bertz CT molecular complexity index is 399. The quantitative estimate of drug-likeness (QED) is 0.843. The van der Waals surface area contributed by atoms with E-state index in [9.17, 15) is 0 Å². The number of likely N-dealkylation sites (tertiary alicyclic amines) is 1. The van der Waals surface area contributed by atoms with Crippen LogP contribution in [0.5, 0.6) is 5.75 Å². The molecule has 3 heteroatoms. The van der Waals surface area contributed by atoms with E-state index in [4.69, 9.17) is 4.74 Å². The van der Waals surface area contributed by atoms with Crippen LogP contribution in [0.3, 0.4) is 0 Å². The molecule has 3 nitrogen and oxygen atoms in total. The van der Waals surface area contributed by atoms with E-state index < -0.39 is 0 Å². The Hall–Kier alpha value is -1.06. The number of hydrogen-bond donors (Lipinski definition) is 1.